The van der Waals surface area contributed by atoms with Crippen LogP contribution in [0.5, 0.6) is 0 Å². The predicted octanol–water partition coefficient (Wildman–Crippen LogP) is 5.41. The van der Waals surface area contributed by atoms with Crippen LogP contribution in [-0.2, 0) is 10.8 Å². The first-order chi connectivity index (χ1) is 13.7. The predicted molar refractivity (Wildman–Crippen MR) is 112 cm³/mol. The minimum atomic E-state index is -3.09. The Labute approximate surface area is 174 Å². The third-order valence-electron chi connectivity index (χ3n) is 5.84. The van der Waals surface area contributed by atoms with Crippen LogP contribution in [0.2, 0.25) is 0 Å². The number of halogens is 2. The van der Waals surface area contributed by atoms with Crippen LogP contribution in [0.1, 0.15) is 62.2 Å². The van der Waals surface area contributed by atoms with E-state index in [2.05, 4.69) is 30.8 Å². The van der Waals surface area contributed by atoms with Crippen LogP contribution in [0, 0.1) is 0 Å². The van der Waals surface area contributed by atoms with E-state index in [-0.39, 0.29) is 17.5 Å². The highest BCUT2D eigenvalue weighted by Crippen LogP contribution is 2.39. The maximum Gasteiger partial charge on any atom is 0.312 e. The van der Waals surface area contributed by atoms with Crippen molar-refractivity contribution in [3.05, 3.63) is 52.0 Å². The van der Waals surface area contributed by atoms with Crippen molar-refractivity contribution in [1.29, 1.82) is 0 Å². The Hall–Kier alpha value is -1.86. The molecule has 0 amide bonds. The van der Waals surface area contributed by atoms with E-state index >= 15 is 0 Å². The fraction of sp³-hybridized carbons (Fsp3) is 0.545. The van der Waals surface area contributed by atoms with E-state index < -0.39 is 12.0 Å². The summed E-state index contributed by atoms with van der Waals surface area (Å²) in [6.07, 6.45) is 0.914. The normalized spacial score (nSPS) is 21.8. The minimum absolute atomic E-state index is 0.0500. The molecule has 7 heteroatoms. The molecule has 0 radical (unpaired) electrons. The second kappa shape index (κ2) is 7.76. The largest absolute Gasteiger partial charge is 0.385 e. The van der Waals surface area contributed by atoms with Gasteiger partial charge in [0.2, 0.25) is 6.10 Å². The number of likely N-dealkylation sites (tertiary alicyclic amines) is 1. The van der Waals surface area contributed by atoms with Gasteiger partial charge in [0, 0.05) is 28.8 Å². The zero-order valence-electron chi connectivity index (χ0n) is 17.1. The third-order valence-corrected chi connectivity index (χ3v) is 6.85. The fourth-order valence-electron chi connectivity index (χ4n) is 3.97. The molecule has 2 aliphatic heterocycles. The maximum atomic E-state index is 14.8. The number of oxime groups is 1. The highest BCUT2D eigenvalue weighted by Gasteiger charge is 2.47. The van der Waals surface area contributed by atoms with Gasteiger partial charge in [0.1, 0.15) is 5.71 Å². The van der Waals surface area contributed by atoms with Crippen molar-refractivity contribution < 1.29 is 13.6 Å². The molecule has 1 unspecified atom stereocenters. The number of hydrogen-bond acceptors (Lipinski definition) is 5. The lowest BCUT2D eigenvalue weighted by atomic mass is 9.93. The number of aromatic nitrogens is 1. The molecule has 2 aromatic rings. The summed E-state index contributed by atoms with van der Waals surface area (Å²) in [6.45, 7) is 8.84. The Bertz CT molecular complexity index is 868. The number of alkyl halides is 2. The van der Waals surface area contributed by atoms with E-state index in [1.807, 2.05) is 5.38 Å². The highest BCUT2D eigenvalue weighted by atomic mass is 32.1. The highest BCUT2D eigenvalue weighted by molar-refractivity contribution is 7.10. The molecule has 1 fully saturated rings. The summed E-state index contributed by atoms with van der Waals surface area (Å²) in [5, 5.41) is 6.96. The molecule has 4 rings (SSSR count). The molecule has 1 aromatic heterocycles. The van der Waals surface area contributed by atoms with Crippen LogP contribution in [0.4, 0.5) is 8.78 Å². The van der Waals surface area contributed by atoms with Crippen LogP contribution in [0.3, 0.4) is 0 Å². The first-order valence-electron chi connectivity index (χ1n) is 10.1. The van der Waals surface area contributed by atoms with E-state index in [0.29, 0.717) is 17.3 Å². The zero-order chi connectivity index (χ0) is 20.6. The SMILES string of the molecule is CC(C)(C)N1CCC(c2nc(C3=NOC(C(F)(F)c4ccccc4)C3)cs2)CC1. The molecular weight excluding hydrogens is 392 g/mol. The van der Waals surface area contributed by atoms with Crippen LogP contribution < -0.4 is 0 Å². The number of rotatable bonds is 4. The van der Waals surface area contributed by atoms with Crippen molar-refractivity contribution in [1.82, 2.24) is 9.88 Å². The van der Waals surface area contributed by atoms with Gasteiger partial charge < -0.3 is 4.84 Å². The molecule has 4 nitrogen and oxygen atoms in total. The Kier molecular flexibility index (Phi) is 5.46. The number of benzene rings is 1. The minimum Gasteiger partial charge on any atom is -0.385 e. The lowest BCUT2D eigenvalue weighted by Crippen LogP contribution is -2.45. The van der Waals surface area contributed by atoms with Crippen molar-refractivity contribution in [2.24, 2.45) is 5.16 Å². The molecule has 156 valence electrons. The van der Waals surface area contributed by atoms with Crippen LogP contribution >= 0.6 is 11.3 Å². The van der Waals surface area contributed by atoms with Crippen LogP contribution in [-0.4, -0.2) is 40.3 Å². The number of thiazole rings is 1. The Morgan fingerprint density at radius 2 is 1.79 bits per heavy atom. The van der Waals surface area contributed by atoms with Crippen molar-refractivity contribution in [2.45, 2.75) is 63.5 Å². The molecule has 0 spiro atoms. The van der Waals surface area contributed by atoms with Crippen molar-refractivity contribution in [3.63, 3.8) is 0 Å². The molecule has 3 heterocycles. The smallest absolute Gasteiger partial charge is 0.312 e. The Balaban J connectivity index is 1.40. The Morgan fingerprint density at radius 3 is 2.45 bits per heavy atom. The van der Waals surface area contributed by atoms with E-state index in [4.69, 9.17) is 9.82 Å². The standard InChI is InChI=1S/C22H27F2N3OS/c1-21(2,3)27-11-9-15(10-12-27)20-25-18(14-29-20)17-13-19(28-26-17)22(23,24)16-7-5-4-6-8-16/h4-8,14-15,19H,9-13H2,1-3H3. The lowest BCUT2D eigenvalue weighted by Gasteiger charge is -2.40. The lowest BCUT2D eigenvalue weighted by molar-refractivity contribution is -0.131. The van der Waals surface area contributed by atoms with Gasteiger partial charge in [0.25, 0.3) is 0 Å². The van der Waals surface area contributed by atoms with E-state index in [1.54, 1.807) is 29.5 Å². The zero-order valence-corrected chi connectivity index (χ0v) is 17.9. The monoisotopic (exact) mass is 419 g/mol. The van der Waals surface area contributed by atoms with Gasteiger partial charge in [-0.05, 0) is 46.7 Å². The van der Waals surface area contributed by atoms with Crippen molar-refractivity contribution >= 4 is 17.0 Å². The first kappa shape index (κ1) is 20.4. The summed E-state index contributed by atoms with van der Waals surface area (Å²) in [7, 11) is 0. The molecule has 1 aromatic carbocycles. The van der Waals surface area contributed by atoms with Gasteiger partial charge in [-0.25, -0.2) is 4.98 Å². The molecule has 0 saturated carbocycles. The number of nitrogens with zero attached hydrogens (tertiary/aromatic N) is 3. The maximum absolute atomic E-state index is 14.8. The van der Waals surface area contributed by atoms with Gasteiger partial charge in [0.05, 0.1) is 10.7 Å². The number of piperidine rings is 1. The topological polar surface area (TPSA) is 37.7 Å². The first-order valence-corrected chi connectivity index (χ1v) is 11.0. The average Bonchev–Trinajstić information content (AvgIpc) is 3.38. The molecule has 0 bridgehead atoms. The number of hydrogen-bond donors (Lipinski definition) is 0. The molecule has 0 N–H and O–H groups in total. The summed E-state index contributed by atoms with van der Waals surface area (Å²) >= 11 is 1.60. The molecule has 1 saturated heterocycles. The van der Waals surface area contributed by atoms with Gasteiger partial charge in [0.15, 0.2) is 0 Å². The van der Waals surface area contributed by atoms with Gasteiger partial charge in [-0.1, -0.05) is 35.5 Å². The summed E-state index contributed by atoms with van der Waals surface area (Å²) in [5.74, 6) is -2.66. The second-order valence-electron chi connectivity index (χ2n) is 8.83. The van der Waals surface area contributed by atoms with Gasteiger partial charge >= 0.3 is 5.92 Å². The van der Waals surface area contributed by atoms with Gasteiger partial charge in [-0.3, -0.25) is 4.90 Å². The van der Waals surface area contributed by atoms with Crippen molar-refractivity contribution in [3.8, 4) is 0 Å². The summed E-state index contributed by atoms with van der Waals surface area (Å²) in [6, 6.07) is 7.79. The van der Waals surface area contributed by atoms with Crippen LogP contribution in [0.15, 0.2) is 40.9 Å². The quantitative estimate of drug-likeness (QED) is 0.665. The molecule has 0 aliphatic carbocycles. The molecule has 2 aliphatic rings. The summed E-state index contributed by atoms with van der Waals surface area (Å²) in [5.41, 5.74) is 1.33. The molecule has 1 atom stereocenters. The van der Waals surface area contributed by atoms with Crippen LogP contribution in [0.25, 0.3) is 0 Å². The van der Waals surface area contributed by atoms with E-state index in [9.17, 15) is 8.78 Å². The average molecular weight is 420 g/mol. The second-order valence-corrected chi connectivity index (χ2v) is 9.72. The fourth-order valence-corrected chi connectivity index (χ4v) is 4.97. The third kappa shape index (κ3) is 4.21. The van der Waals surface area contributed by atoms with Crippen molar-refractivity contribution in [2.75, 3.05) is 13.1 Å². The Morgan fingerprint density at radius 1 is 1.10 bits per heavy atom. The molecular formula is C22H27F2N3OS. The molecule has 29 heavy (non-hydrogen) atoms. The summed E-state index contributed by atoms with van der Waals surface area (Å²) in [4.78, 5) is 12.4. The van der Waals surface area contributed by atoms with E-state index in [1.165, 1.54) is 12.1 Å². The van der Waals surface area contributed by atoms with Gasteiger partial charge in [-0.2, -0.15) is 8.78 Å². The summed E-state index contributed by atoms with van der Waals surface area (Å²) < 4.78 is 29.5. The van der Waals surface area contributed by atoms with Gasteiger partial charge in [-0.15, -0.1) is 11.3 Å². The van der Waals surface area contributed by atoms with E-state index in [0.717, 1.165) is 30.9 Å².